The van der Waals surface area contributed by atoms with Gasteiger partial charge in [0.25, 0.3) is 0 Å². The van der Waals surface area contributed by atoms with Gasteiger partial charge in [-0.25, -0.2) is 0 Å². The topological polar surface area (TPSA) is 26.3 Å². The molecule has 1 unspecified atom stereocenters. The fourth-order valence-corrected chi connectivity index (χ4v) is 1.39. The van der Waals surface area contributed by atoms with E-state index >= 15 is 0 Å². The molecule has 0 saturated heterocycles. The molecule has 1 atom stereocenters. The van der Waals surface area contributed by atoms with E-state index in [2.05, 4.69) is 4.74 Å². The van der Waals surface area contributed by atoms with Gasteiger partial charge in [-0.2, -0.15) is 13.2 Å². The molecule has 1 aliphatic rings. The molecule has 1 saturated carbocycles. The maximum atomic E-state index is 11.8. The summed E-state index contributed by atoms with van der Waals surface area (Å²) in [6.45, 7) is 3.67. The van der Waals surface area contributed by atoms with Crippen molar-refractivity contribution < 1.29 is 22.7 Å². The highest BCUT2D eigenvalue weighted by Gasteiger charge is 2.52. The molecule has 1 aliphatic carbocycles. The molecular formula is C9H10ClF3O2. The van der Waals surface area contributed by atoms with Gasteiger partial charge in [-0.3, -0.25) is 4.79 Å². The smallest absolute Gasteiger partial charge is 0.414 e. The predicted molar refractivity (Wildman–Crippen MR) is 48.0 cm³/mol. The van der Waals surface area contributed by atoms with Crippen LogP contribution in [0.1, 0.15) is 20.3 Å². The summed E-state index contributed by atoms with van der Waals surface area (Å²) in [6, 6.07) is 0. The molecule has 15 heavy (non-hydrogen) atoms. The van der Waals surface area contributed by atoms with Gasteiger partial charge < -0.3 is 4.74 Å². The van der Waals surface area contributed by atoms with E-state index in [-0.39, 0.29) is 17.4 Å². The van der Waals surface area contributed by atoms with E-state index in [9.17, 15) is 18.0 Å². The Morgan fingerprint density at radius 3 is 2.33 bits per heavy atom. The van der Waals surface area contributed by atoms with E-state index in [1.807, 2.05) is 13.8 Å². The molecule has 0 bridgehead atoms. The third-order valence-corrected chi connectivity index (χ3v) is 2.46. The van der Waals surface area contributed by atoms with Crippen LogP contribution < -0.4 is 0 Å². The zero-order valence-corrected chi connectivity index (χ0v) is 8.95. The number of hydrogen-bond donors (Lipinski definition) is 0. The summed E-state index contributed by atoms with van der Waals surface area (Å²) in [7, 11) is 0. The number of allylic oxidation sites excluding steroid dienone is 1. The maximum Gasteiger partial charge on any atom is 0.414 e. The largest absolute Gasteiger partial charge is 0.414 e. The second-order valence-electron chi connectivity index (χ2n) is 4.16. The lowest BCUT2D eigenvalue weighted by atomic mass is 10.1. The van der Waals surface area contributed by atoms with Gasteiger partial charge in [-0.15, -0.1) is 0 Å². The van der Waals surface area contributed by atoms with E-state index < -0.39 is 17.4 Å². The standard InChI is InChI=1S/C9H10ClF3O2/c1-8(2)3-5(8)7(14)15-6(10)4-9(11,12)13/h4-5H,3H2,1-2H3/b6-4+. The molecule has 0 N–H and O–H groups in total. The first-order chi connectivity index (χ1) is 6.62. The average Bonchev–Trinajstić information content (AvgIpc) is 2.54. The Morgan fingerprint density at radius 2 is 2.00 bits per heavy atom. The fraction of sp³-hybridized carbons (Fsp3) is 0.667. The van der Waals surface area contributed by atoms with Gasteiger partial charge in [0.1, 0.15) is 0 Å². The van der Waals surface area contributed by atoms with Crippen molar-refractivity contribution in [2.75, 3.05) is 0 Å². The minimum atomic E-state index is -4.57. The normalized spacial score (nSPS) is 24.9. The summed E-state index contributed by atoms with van der Waals surface area (Å²) in [6.07, 6.45) is -4.21. The quantitative estimate of drug-likeness (QED) is 0.549. The van der Waals surface area contributed by atoms with Gasteiger partial charge >= 0.3 is 12.1 Å². The van der Waals surface area contributed by atoms with Crippen molar-refractivity contribution in [3.05, 3.63) is 11.3 Å². The van der Waals surface area contributed by atoms with Gasteiger partial charge in [-0.05, 0) is 23.4 Å². The first-order valence-electron chi connectivity index (χ1n) is 4.28. The average molecular weight is 243 g/mol. The summed E-state index contributed by atoms with van der Waals surface area (Å²) in [5.74, 6) is -1.06. The van der Waals surface area contributed by atoms with Crippen LogP contribution in [0.2, 0.25) is 0 Å². The molecule has 1 fully saturated rings. The molecule has 0 radical (unpaired) electrons. The summed E-state index contributed by atoms with van der Waals surface area (Å²) >= 11 is 5.12. The lowest BCUT2D eigenvalue weighted by Gasteiger charge is -2.05. The SMILES string of the molecule is CC1(C)CC1C(=O)O/C(Cl)=C/C(F)(F)F. The zero-order valence-electron chi connectivity index (χ0n) is 8.19. The molecule has 0 aliphatic heterocycles. The van der Waals surface area contributed by atoms with E-state index in [0.717, 1.165) is 0 Å². The monoisotopic (exact) mass is 242 g/mol. The number of alkyl halides is 3. The van der Waals surface area contributed by atoms with Crippen LogP contribution in [0.5, 0.6) is 0 Å². The Balaban J connectivity index is 2.50. The van der Waals surface area contributed by atoms with Crippen LogP contribution in [0, 0.1) is 11.3 Å². The highest BCUT2D eigenvalue weighted by Crippen LogP contribution is 2.52. The molecule has 0 spiro atoms. The Kier molecular flexibility index (Phi) is 3.05. The van der Waals surface area contributed by atoms with Crippen molar-refractivity contribution >= 4 is 17.6 Å². The van der Waals surface area contributed by atoms with E-state index in [0.29, 0.717) is 6.42 Å². The second-order valence-corrected chi connectivity index (χ2v) is 4.53. The molecule has 6 heteroatoms. The van der Waals surface area contributed by atoms with Crippen LogP contribution in [-0.2, 0) is 9.53 Å². The zero-order chi connectivity index (χ0) is 11.9. The van der Waals surface area contributed by atoms with Gasteiger partial charge in [0.2, 0.25) is 5.22 Å². The third kappa shape index (κ3) is 3.74. The number of halogens is 4. The van der Waals surface area contributed by atoms with Crippen LogP contribution >= 0.6 is 11.6 Å². The minimum Gasteiger partial charge on any atom is -0.414 e. The lowest BCUT2D eigenvalue weighted by molar-refractivity contribution is -0.141. The summed E-state index contributed by atoms with van der Waals surface area (Å²) in [4.78, 5) is 11.2. The number of ether oxygens (including phenoxy) is 1. The third-order valence-electron chi connectivity index (χ3n) is 2.27. The molecule has 86 valence electrons. The van der Waals surface area contributed by atoms with Gasteiger partial charge in [0.05, 0.1) is 12.0 Å². The first kappa shape index (κ1) is 12.4. The minimum absolute atomic E-state index is 0.188. The Hall–Kier alpha value is -0.710. The lowest BCUT2D eigenvalue weighted by Crippen LogP contribution is -2.10. The van der Waals surface area contributed by atoms with Crippen molar-refractivity contribution in [3.8, 4) is 0 Å². The van der Waals surface area contributed by atoms with Crippen molar-refractivity contribution in [2.45, 2.75) is 26.4 Å². The van der Waals surface area contributed by atoms with Gasteiger partial charge in [0, 0.05) is 0 Å². The number of hydrogen-bond acceptors (Lipinski definition) is 2. The molecule has 0 aromatic carbocycles. The second kappa shape index (κ2) is 3.70. The van der Waals surface area contributed by atoms with Crippen molar-refractivity contribution in [1.29, 1.82) is 0 Å². The van der Waals surface area contributed by atoms with Crippen LogP contribution in [0.25, 0.3) is 0 Å². The van der Waals surface area contributed by atoms with Crippen LogP contribution in [0.15, 0.2) is 11.3 Å². The van der Waals surface area contributed by atoms with Crippen LogP contribution in [0.3, 0.4) is 0 Å². The van der Waals surface area contributed by atoms with Crippen molar-refractivity contribution in [3.63, 3.8) is 0 Å². The fourth-order valence-electron chi connectivity index (χ4n) is 1.19. The summed E-state index contributed by atoms with van der Waals surface area (Å²) in [5, 5.41) is -0.935. The van der Waals surface area contributed by atoms with E-state index in [4.69, 9.17) is 11.6 Å². The number of esters is 1. The van der Waals surface area contributed by atoms with Crippen LogP contribution in [-0.4, -0.2) is 12.1 Å². The van der Waals surface area contributed by atoms with E-state index in [1.54, 1.807) is 0 Å². The highest BCUT2D eigenvalue weighted by molar-refractivity contribution is 6.29. The van der Waals surface area contributed by atoms with Crippen molar-refractivity contribution in [1.82, 2.24) is 0 Å². The molecule has 0 amide bonds. The molecule has 2 nitrogen and oxygen atoms in total. The Labute approximate surface area is 90.0 Å². The van der Waals surface area contributed by atoms with E-state index in [1.165, 1.54) is 0 Å². The molecule has 1 rings (SSSR count). The Morgan fingerprint density at radius 1 is 1.53 bits per heavy atom. The van der Waals surface area contributed by atoms with Gasteiger partial charge in [0.15, 0.2) is 0 Å². The molecular weight excluding hydrogens is 233 g/mol. The predicted octanol–water partition coefficient (Wildman–Crippen LogP) is 3.22. The molecule has 0 aromatic heterocycles. The first-order valence-corrected chi connectivity index (χ1v) is 4.66. The van der Waals surface area contributed by atoms with Crippen LogP contribution in [0.4, 0.5) is 13.2 Å². The van der Waals surface area contributed by atoms with Crippen molar-refractivity contribution in [2.24, 2.45) is 11.3 Å². The molecule has 0 aromatic rings. The summed E-state index contributed by atoms with van der Waals surface area (Å²) in [5.41, 5.74) is -0.188. The number of carbonyl (C=O) groups is 1. The Bertz CT molecular complexity index is 307. The number of carbonyl (C=O) groups excluding carboxylic acids is 1. The maximum absolute atomic E-state index is 11.8. The molecule has 0 heterocycles. The highest BCUT2D eigenvalue weighted by atomic mass is 35.5. The summed E-state index contributed by atoms with van der Waals surface area (Å²) < 4.78 is 39.7. The number of rotatable bonds is 2. The van der Waals surface area contributed by atoms with Gasteiger partial charge in [-0.1, -0.05) is 13.8 Å².